The zero-order valence-electron chi connectivity index (χ0n) is 9.88. The van der Waals surface area contributed by atoms with Gasteiger partial charge in [0, 0.05) is 5.56 Å². The second-order valence-corrected chi connectivity index (χ2v) is 4.81. The van der Waals surface area contributed by atoms with Crippen LogP contribution < -0.4 is 0 Å². The first-order chi connectivity index (χ1) is 9.31. The third kappa shape index (κ3) is 1.70. The van der Waals surface area contributed by atoms with E-state index in [4.69, 9.17) is 16.3 Å². The highest BCUT2D eigenvalue weighted by Crippen LogP contribution is 2.26. The van der Waals surface area contributed by atoms with Crippen LogP contribution in [0.3, 0.4) is 0 Å². The third-order valence-electron chi connectivity index (χ3n) is 3.21. The summed E-state index contributed by atoms with van der Waals surface area (Å²) >= 11 is 5.92. The number of halogens is 1. The Bertz CT molecular complexity index is 783. The number of benzene rings is 1. The fourth-order valence-electron chi connectivity index (χ4n) is 2.26. The Labute approximate surface area is 113 Å². The minimum absolute atomic E-state index is 0.415. The predicted octanol–water partition coefficient (Wildman–Crippen LogP) is 2.47. The molecule has 0 spiro atoms. The number of nitrogens with zero attached hydrogens (tertiary/aromatic N) is 4. The maximum atomic E-state index is 5.92. The predicted molar refractivity (Wildman–Crippen MR) is 69.7 cm³/mol. The molecule has 3 aromatic rings. The van der Waals surface area contributed by atoms with Gasteiger partial charge in [-0.05, 0) is 29.3 Å². The largest absolute Gasteiger partial charge is 0.372 e. The molecule has 1 aromatic carbocycles. The Hall–Kier alpha value is -1.98. The van der Waals surface area contributed by atoms with E-state index in [2.05, 4.69) is 27.4 Å². The van der Waals surface area contributed by atoms with E-state index >= 15 is 0 Å². The summed E-state index contributed by atoms with van der Waals surface area (Å²) in [6, 6.07) is 9.63. The van der Waals surface area contributed by atoms with Crippen LogP contribution in [0.25, 0.3) is 17.0 Å². The van der Waals surface area contributed by atoms with Crippen molar-refractivity contribution in [3.8, 4) is 11.4 Å². The van der Waals surface area contributed by atoms with Gasteiger partial charge >= 0.3 is 0 Å². The van der Waals surface area contributed by atoms with Crippen molar-refractivity contribution in [2.24, 2.45) is 0 Å². The molecule has 1 aliphatic rings. The maximum absolute atomic E-state index is 5.92. The number of hydrogen-bond donors (Lipinski definition) is 0. The molecule has 0 amide bonds. The van der Waals surface area contributed by atoms with E-state index in [1.165, 1.54) is 11.1 Å². The van der Waals surface area contributed by atoms with E-state index in [1.807, 2.05) is 6.07 Å². The first kappa shape index (κ1) is 10.9. The molecule has 1 aliphatic heterocycles. The van der Waals surface area contributed by atoms with Crippen LogP contribution in [0.5, 0.6) is 0 Å². The molecule has 0 bridgehead atoms. The quantitative estimate of drug-likeness (QED) is 0.683. The summed E-state index contributed by atoms with van der Waals surface area (Å²) < 4.78 is 7.07. The maximum Gasteiger partial charge on any atom is 0.185 e. The van der Waals surface area contributed by atoms with Gasteiger partial charge in [0.1, 0.15) is 5.15 Å². The van der Waals surface area contributed by atoms with Crippen molar-refractivity contribution < 1.29 is 4.74 Å². The molecule has 0 radical (unpaired) electrons. The van der Waals surface area contributed by atoms with E-state index in [0.29, 0.717) is 29.8 Å². The van der Waals surface area contributed by atoms with Crippen LogP contribution in [0.1, 0.15) is 11.1 Å². The highest BCUT2D eigenvalue weighted by Gasteiger charge is 2.15. The molecular weight excluding hydrogens is 264 g/mol. The minimum Gasteiger partial charge on any atom is -0.372 e. The molecular formula is C13H9ClN4O. The molecule has 0 saturated carbocycles. The number of ether oxygens (including phenoxy) is 1. The zero-order valence-corrected chi connectivity index (χ0v) is 10.6. The first-order valence-electron chi connectivity index (χ1n) is 5.89. The summed E-state index contributed by atoms with van der Waals surface area (Å²) in [6.07, 6.45) is 0. The Kier molecular flexibility index (Phi) is 2.30. The molecule has 0 N–H and O–H groups in total. The Balaban J connectivity index is 1.92. The highest BCUT2D eigenvalue weighted by atomic mass is 35.5. The van der Waals surface area contributed by atoms with Crippen molar-refractivity contribution in [2.75, 3.05) is 0 Å². The molecule has 5 nitrogen and oxygen atoms in total. The van der Waals surface area contributed by atoms with Gasteiger partial charge in [0.25, 0.3) is 0 Å². The SMILES string of the molecule is Clc1ccc2nnc(-c3ccc4c(c3)COC4)n2n1. The number of fused-ring (bicyclic) bond motifs is 2. The van der Waals surface area contributed by atoms with Gasteiger partial charge in [-0.3, -0.25) is 0 Å². The number of hydrogen-bond acceptors (Lipinski definition) is 4. The lowest BCUT2D eigenvalue weighted by molar-refractivity contribution is 0.134. The first-order valence-corrected chi connectivity index (χ1v) is 6.27. The molecule has 3 heterocycles. The van der Waals surface area contributed by atoms with Gasteiger partial charge in [-0.25, -0.2) is 0 Å². The molecule has 4 rings (SSSR count). The van der Waals surface area contributed by atoms with Gasteiger partial charge in [0.2, 0.25) is 0 Å². The standard InChI is InChI=1S/C13H9ClN4O/c14-11-3-4-12-15-16-13(18(12)17-11)8-1-2-9-6-19-7-10(9)5-8/h1-5H,6-7H2. The fourth-order valence-corrected chi connectivity index (χ4v) is 2.40. The van der Waals surface area contributed by atoms with Gasteiger partial charge in [-0.2, -0.15) is 9.61 Å². The van der Waals surface area contributed by atoms with E-state index < -0.39 is 0 Å². The molecule has 0 atom stereocenters. The Morgan fingerprint density at radius 1 is 1.05 bits per heavy atom. The summed E-state index contributed by atoms with van der Waals surface area (Å²) in [5.74, 6) is 0.687. The molecule has 0 aliphatic carbocycles. The van der Waals surface area contributed by atoms with Crippen LogP contribution in [-0.4, -0.2) is 19.8 Å². The topological polar surface area (TPSA) is 52.3 Å². The second-order valence-electron chi connectivity index (χ2n) is 4.43. The van der Waals surface area contributed by atoms with Crippen molar-refractivity contribution in [1.82, 2.24) is 19.8 Å². The Morgan fingerprint density at radius 3 is 2.89 bits per heavy atom. The van der Waals surface area contributed by atoms with E-state index in [9.17, 15) is 0 Å². The summed E-state index contributed by atoms with van der Waals surface area (Å²) in [4.78, 5) is 0. The number of aromatic nitrogens is 4. The second kappa shape index (κ2) is 4.01. The summed E-state index contributed by atoms with van der Waals surface area (Å²) in [5, 5.41) is 12.9. The van der Waals surface area contributed by atoms with Gasteiger partial charge < -0.3 is 4.74 Å². The van der Waals surface area contributed by atoms with Gasteiger partial charge in [-0.1, -0.05) is 23.7 Å². The average Bonchev–Trinajstić information content (AvgIpc) is 3.03. The zero-order chi connectivity index (χ0) is 12.8. The van der Waals surface area contributed by atoms with Gasteiger partial charge in [-0.15, -0.1) is 10.2 Å². The average molecular weight is 273 g/mol. The van der Waals surface area contributed by atoms with Crippen LogP contribution in [0.2, 0.25) is 5.15 Å². The van der Waals surface area contributed by atoms with Crippen molar-refractivity contribution >= 4 is 17.2 Å². The Morgan fingerprint density at radius 2 is 1.95 bits per heavy atom. The lowest BCUT2D eigenvalue weighted by Gasteiger charge is -2.02. The van der Waals surface area contributed by atoms with Crippen molar-refractivity contribution in [3.05, 3.63) is 46.6 Å². The van der Waals surface area contributed by atoms with Gasteiger partial charge in [0.05, 0.1) is 13.2 Å². The van der Waals surface area contributed by atoms with Crippen LogP contribution in [0.4, 0.5) is 0 Å². The van der Waals surface area contributed by atoms with Gasteiger partial charge in [0.15, 0.2) is 11.5 Å². The molecule has 19 heavy (non-hydrogen) atoms. The fraction of sp³-hybridized carbons (Fsp3) is 0.154. The van der Waals surface area contributed by atoms with E-state index in [1.54, 1.807) is 16.6 Å². The highest BCUT2D eigenvalue weighted by molar-refractivity contribution is 6.29. The molecule has 6 heteroatoms. The third-order valence-corrected chi connectivity index (χ3v) is 3.41. The molecule has 0 fully saturated rings. The van der Waals surface area contributed by atoms with Crippen molar-refractivity contribution in [1.29, 1.82) is 0 Å². The summed E-state index contributed by atoms with van der Waals surface area (Å²) in [6.45, 7) is 1.33. The molecule has 0 saturated heterocycles. The minimum atomic E-state index is 0.415. The lowest BCUT2D eigenvalue weighted by Crippen LogP contribution is -1.95. The van der Waals surface area contributed by atoms with Crippen LogP contribution in [0, 0.1) is 0 Å². The summed E-state index contributed by atoms with van der Waals surface area (Å²) in [5.41, 5.74) is 4.06. The van der Waals surface area contributed by atoms with E-state index in [-0.39, 0.29) is 0 Å². The van der Waals surface area contributed by atoms with E-state index in [0.717, 1.165) is 5.56 Å². The lowest BCUT2D eigenvalue weighted by atomic mass is 10.1. The monoisotopic (exact) mass is 272 g/mol. The van der Waals surface area contributed by atoms with Crippen LogP contribution in [0.15, 0.2) is 30.3 Å². The van der Waals surface area contributed by atoms with Crippen molar-refractivity contribution in [3.63, 3.8) is 0 Å². The summed E-state index contributed by atoms with van der Waals surface area (Å²) in [7, 11) is 0. The van der Waals surface area contributed by atoms with Crippen LogP contribution >= 0.6 is 11.6 Å². The van der Waals surface area contributed by atoms with Crippen LogP contribution in [-0.2, 0) is 18.0 Å². The molecule has 2 aromatic heterocycles. The van der Waals surface area contributed by atoms with Crippen molar-refractivity contribution in [2.45, 2.75) is 13.2 Å². The smallest absolute Gasteiger partial charge is 0.185 e. The normalized spacial score (nSPS) is 13.9. The molecule has 94 valence electrons. The number of rotatable bonds is 1. The molecule has 0 unspecified atom stereocenters.